The molecule has 0 bridgehead atoms. The van der Waals surface area contributed by atoms with Crippen molar-refractivity contribution in [2.24, 2.45) is 0 Å². The third-order valence-corrected chi connectivity index (χ3v) is 3.37. The molecule has 0 radical (unpaired) electrons. The summed E-state index contributed by atoms with van der Waals surface area (Å²) < 4.78 is 15.0. The molecular weight excluding hydrogens is 275 g/mol. The van der Waals surface area contributed by atoms with Crippen LogP contribution in [0.1, 0.15) is 6.42 Å². The van der Waals surface area contributed by atoms with Gasteiger partial charge < -0.3 is 15.7 Å². The van der Waals surface area contributed by atoms with Crippen LogP contribution in [0.15, 0.2) is 36.7 Å². The van der Waals surface area contributed by atoms with E-state index in [1.54, 1.807) is 24.4 Å². The van der Waals surface area contributed by atoms with E-state index in [0.29, 0.717) is 24.3 Å². The van der Waals surface area contributed by atoms with Gasteiger partial charge in [-0.05, 0) is 18.6 Å². The number of para-hydroxylation sites is 1. The van der Waals surface area contributed by atoms with Crippen molar-refractivity contribution < 1.29 is 14.3 Å². The first kappa shape index (κ1) is 13.7. The second-order valence-corrected chi connectivity index (χ2v) is 4.96. The number of β-amino-alcohol motifs (C(OH)–C–C–N with tert-alkyl or cyclic N) is 1. The number of hydrogen-bond acceptors (Lipinski definition) is 4. The number of aliphatic hydroxyl groups is 1. The zero-order valence-electron chi connectivity index (χ0n) is 11.2. The highest BCUT2D eigenvalue weighted by atomic mass is 19.1. The van der Waals surface area contributed by atoms with Crippen LogP contribution in [0.4, 0.5) is 10.1 Å². The second kappa shape index (κ2) is 5.63. The first-order valence-electron chi connectivity index (χ1n) is 6.65. The van der Waals surface area contributed by atoms with Crippen LogP contribution >= 0.6 is 0 Å². The Morgan fingerprint density at radius 3 is 3.00 bits per heavy atom. The summed E-state index contributed by atoms with van der Waals surface area (Å²) in [5, 5.41) is 19.1. The molecule has 1 saturated heterocycles. The molecule has 7 heteroatoms. The standard InChI is InChI=1S/C14H15FN4O2/c15-11-3-1-2-4-13(11)19-8-9(6-17-19)18-14(21)12-5-10(20)7-16-12/h1-4,6,8,10,12,16,20H,5,7H2,(H,18,21). The SMILES string of the molecule is O=C(Nc1cnn(-c2ccccc2F)c1)C1CC(O)CN1. The number of nitrogens with one attached hydrogen (secondary N) is 2. The average molecular weight is 290 g/mol. The topological polar surface area (TPSA) is 79.2 Å². The summed E-state index contributed by atoms with van der Waals surface area (Å²) in [6, 6.07) is 5.84. The Labute approximate surface area is 120 Å². The van der Waals surface area contributed by atoms with Crippen LogP contribution < -0.4 is 10.6 Å². The molecule has 1 aliphatic heterocycles. The summed E-state index contributed by atoms with van der Waals surface area (Å²) in [5.74, 6) is -0.626. The fourth-order valence-electron chi connectivity index (χ4n) is 2.30. The van der Waals surface area contributed by atoms with Gasteiger partial charge in [-0.3, -0.25) is 4.79 Å². The molecule has 1 fully saturated rings. The van der Waals surface area contributed by atoms with Crippen molar-refractivity contribution in [2.45, 2.75) is 18.6 Å². The highest BCUT2D eigenvalue weighted by molar-refractivity contribution is 5.94. The highest BCUT2D eigenvalue weighted by Crippen LogP contribution is 2.16. The Kier molecular flexibility index (Phi) is 3.68. The van der Waals surface area contributed by atoms with Crippen LogP contribution in [0, 0.1) is 5.82 Å². The fourth-order valence-corrected chi connectivity index (χ4v) is 2.30. The molecule has 2 heterocycles. The minimum atomic E-state index is -0.498. The molecule has 3 N–H and O–H groups in total. The molecule has 6 nitrogen and oxygen atoms in total. The fraction of sp³-hybridized carbons (Fsp3) is 0.286. The van der Waals surface area contributed by atoms with E-state index in [1.165, 1.54) is 16.9 Å². The highest BCUT2D eigenvalue weighted by Gasteiger charge is 2.28. The van der Waals surface area contributed by atoms with Gasteiger partial charge >= 0.3 is 0 Å². The Bertz CT molecular complexity index is 658. The van der Waals surface area contributed by atoms with E-state index in [9.17, 15) is 14.3 Å². The second-order valence-electron chi connectivity index (χ2n) is 4.96. The van der Waals surface area contributed by atoms with E-state index in [0.717, 1.165) is 0 Å². The predicted molar refractivity (Wildman–Crippen MR) is 74.6 cm³/mol. The van der Waals surface area contributed by atoms with Crippen molar-refractivity contribution in [3.05, 3.63) is 42.5 Å². The minimum absolute atomic E-state index is 0.236. The summed E-state index contributed by atoms with van der Waals surface area (Å²) in [7, 11) is 0. The van der Waals surface area contributed by atoms with E-state index in [1.807, 2.05) is 0 Å². The zero-order chi connectivity index (χ0) is 14.8. The number of nitrogens with zero attached hydrogens (tertiary/aromatic N) is 2. The Hall–Kier alpha value is -2.25. The van der Waals surface area contributed by atoms with Crippen LogP contribution in [0.3, 0.4) is 0 Å². The van der Waals surface area contributed by atoms with Gasteiger partial charge in [0, 0.05) is 6.54 Å². The van der Waals surface area contributed by atoms with Crippen molar-refractivity contribution in [1.82, 2.24) is 15.1 Å². The lowest BCUT2D eigenvalue weighted by Crippen LogP contribution is -2.35. The van der Waals surface area contributed by atoms with Gasteiger partial charge in [-0.2, -0.15) is 5.10 Å². The maximum absolute atomic E-state index is 13.6. The van der Waals surface area contributed by atoms with E-state index in [2.05, 4.69) is 15.7 Å². The quantitative estimate of drug-likeness (QED) is 0.776. The van der Waals surface area contributed by atoms with Gasteiger partial charge in [0.05, 0.1) is 30.2 Å². The molecule has 0 spiro atoms. The van der Waals surface area contributed by atoms with Gasteiger partial charge in [0.25, 0.3) is 0 Å². The molecule has 0 aliphatic carbocycles. The van der Waals surface area contributed by atoms with Crippen molar-refractivity contribution in [3.8, 4) is 5.69 Å². The number of carbonyl (C=O) groups is 1. The molecule has 1 aliphatic rings. The lowest BCUT2D eigenvalue weighted by molar-refractivity contribution is -0.117. The smallest absolute Gasteiger partial charge is 0.241 e. The number of hydrogen-bond donors (Lipinski definition) is 3. The van der Waals surface area contributed by atoms with Gasteiger partial charge in [-0.1, -0.05) is 12.1 Å². The molecule has 3 rings (SSSR count). The van der Waals surface area contributed by atoms with Gasteiger partial charge in [0.2, 0.25) is 5.91 Å². The summed E-state index contributed by atoms with van der Waals surface area (Å²) in [6.45, 7) is 0.409. The molecule has 2 unspecified atom stereocenters. The number of aliphatic hydroxyl groups excluding tert-OH is 1. The maximum Gasteiger partial charge on any atom is 0.241 e. The number of benzene rings is 1. The average Bonchev–Trinajstić information content (AvgIpc) is 3.08. The van der Waals surface area contributed by atoms with Crippen LogP contribution in [0.25, 0.3) is 5.69 Å². The monoisotopic (exact) mass is 290 g/mol. The molecular formula is C14H15FN4O2. The van der Waals surface area contributed by atoms with E-state index in [4.69, 9.17) is 0 Å². The molecule has 2 atom stereocenters. The molecule has 1 aromatic heterocycles. The van der Waals surface area contributed by atoms with Crippen molar-refractivity contribution in [3.63, 3.8) is 0 Å². The predicted octanol–water partition coefficient (Wildman–Crippen LogP) is 0.673. The molecule has 1 aromatic carbocycles. The van der Waals surface area contributed by atoms with Gasteiger partial charge in [0.15, 0.2) is 0 Å². The zero-order valence-corrected chi connectivity index (χ0v) is 11.2. The summed E-state index contributed by atoms with van der Waals surface area (Å²) in [4.78, 5) is 12.0. The molecule has 110 valence electrons. The lowest BCUT2D eigenvalue weighted by atomic mass is 10.2. The van der Waals surface area contributed by atoms with Crippen LogP contribution in [0.2, 0.25) is 0 Å². The Morgan fingerprint density at radius 2 is 2.29 bits per heavy atom. The largest absolute Gasteiger partial charge is 0.392 e. The lowest BCUT2D eigenvalue weighted by Gasteiger charge is -2.09. The summed E-state index contributed by atoms with van der Waals surface area (Å²) in [5.41, 5.74) is 0.791. The third-order valence-electron chi connectivity index (χ3n) is 3.37. The number of halogens is 1. The number of anilines is 1. The van der Waals surface area contributed by atoms with E-state index < -0.39 is 12.1 Å². The maximum atomic E-state index is 13.6. The summed E-state index contributed by atoms with van der Waals surface area (Å²) in [6.07, 6.45) is 2.88. The van der Waals surface area contributed by atoms with Gasteiger partial charge in [-0.25, -0.2) is 9.07 Å². The molecule has 0 saturated carbocycles. The van der Waals surface area contributed by atoms with Gasteiger partial charge in [-0.15, -0.1) is 0 Å². The minimum Gasteiger partial charge on any atom is -0.392 e. The number of rotatable bonds is 3. The van der Waals surface area contributed by atoms with E-state index >= 15 is 0 Å². The number of aromatic nitrogens is 2. The molecule has 21 heavy (non-hydrogen) atoms. The van der Waals surface area contributed by atoms with Crippen LogP contribution in [0.5, 0.6) is 0 Å². The third kappa shape index (κ3) is 2.93. The number of amides is 1. The van der Waals surface area contributed by atoms with Gasteiger partial charge in [0.1, 0.15) is 11.5 Å². The Balaban J connectivity index is 1.71. The first-order chi connectivity index (χ1) is 10.1. The Morgan fingerprint density at radius 1 is 1.48 bits per heavy atom. The van der Waals surface area contributed by atoms with Crippen molar-refractivity contribution in [2.75, 3.05) is 11.9 Å². The molecule has 2 aromatic rings. The number of carbonyl (C=O) groups excluding carboxylic acids is 1. The van der Waals surface area contributed by atoms with Crippen LogP contribution in [-0.4, -0.2) is 39.5 Å². The normalized spacial score (nSPS) is 21.4. The first-order valence-corrected chi connectivity index (χ1v) is 6.65. The van der Waals surface area contributed by atoms with Crippen molar-refractivity contribution in [1.29, 1.82) is 0 Å². The van der Waals surface area contributed by atoms with E-state index in [-0.39, 0.29) is 11.7 Å². The van der Waals surface area contributed by atoms with Crippen molar-refractivity contribution >= 4 is 11.6 Å². The molecule has 1 amide bonds. The summed E-state index contributed by atoms with van der Waals surface area (Å²) >= 11 is 0. The van der Waals surface area contributed by atoms with Crippen LogP contribution in [-0.2, 0) is 4.79 Å².